The molecular weight excluding hydrogens is 264 g/mol. The molecule has 1 unspecified atom stereocenters. The first-order valence-corrected chi connectivity index (χ1v) is 7.59. The van der Waals surface area contributed by atoms with Crippen LogP contribution >= 0.6 is 0 Å². The van der Waals surface area contributed by atoms with Gasteiger partial charge in [-0.2, -0.15) is 0 Å². The molecule has 2 aliphatic rings. The van der Waals surface area contributed by atoms with Gasteiger partial charge in [0.2, 0.25) is 5.91 Å². The SMILES string of the molecule is CC(C)(C)C1NC(=O)c2ccccc2N(CC2CC2)C1=O. The van der Waals surface area contributed by atoms with E-state index in [2.05, 4.69) is 5.32 Å². The molecule has 0 spiro atoms. The van der Waals surface area contributed by atoms with E-state index < -0.39 is 6.04 Å². The van der Waals surface area contributed by atoms with Crippen LogP contribution in [-0.2, 0) is 4.79 Å². The highest BCUT2D eigenvalue weighted by molar-refractivity contribution is 6.11. The van der Waals surface area contributed by atoms with Crippen LogP contribution in [0.3, 0.4) is 0 Å². The van der Waals surface area contributed by atoms with Gasteiger partial charge >= 0.3 is 0 Å². The van der Waals surface area contributed by atoms with E-state index >= 15 is 0 Å². The van der Waals surface area contributed by atoms with E-state index in [-0.39, 0.29) is 17.2 Å². The lowest BCUT2D eigenvalue weighted by Gasteiger charge is -2.32. The van der Waals surface area contributed by atoms with Gasteiger partial charge in [-0.1, -0.05) is 32.9 Å². The van der Waals surface area contributed by atoms with E-state index in [9.17, 15) is 9.59 Å². The van der Waals surface area contributed by atoms with Crippen LogP contribution in [0, 0.1) is 11.3 Å². The molecule has 1 fully saturated rings. The van der Waals surface area contributed by atoms with Crippen molar-refractivity contribution in [2.75, 3.05) is 11.4 Å². The van der Waals surface area contributed by atoms with Gasteiger partial charge in [0.05, 0.1) is 11.3 Å². The number of rotatable bonds is 2. The third kappa shape index (κ3) is 2.67. The molecule has 1 aromatic carbocycles. The lowest BCUT2D eigenvalue weighted by molar-refractivity contribution is -0.122. The van der Waals surface area contributed by atoms with E-state index in [1.54, 1.807) is 6.07 Å². The van der Waals surface area contributed by atoms with Gasteiger partial charge in [0.25, 0.3) is 5.91 Å². The van der Waals surface area contributed by atoms with Crippen molar-refractivity contribution in [2.45, 2.75) is 39.7 Å². The fourth-order valence-corrected chi connectivity index (χ4v) is 2.78. The zero-order valence-corrected chi connectivity index (χ0v) is 12.8. The van der Waals surface area contributed by atoms with Crippen LogP contribution in [0.4, 0.5) is 5.69 Å². The quantitative estimate of drug-likeness (QED) is 0.908. The van der Waals surface area contributed by atoms with Gasteiger partial charge in [-0.25, -0.2) is 0 Å². The van der Waals surface area contributed by atoms with Crippen molar-refractivity contribution in [1.82, 2.24) is 5.32 Å². The van der Waals surface area contributed by atoms with Crippen molar-refractivity contribution in [2.24, 2.45) is 11.3 Å². The first-order valence-electron chi connectivity index (χ1n) is 7.59. The van der Waals surface area contributed by atoms with E-state index in [0.717, 1.165) is 12.2 Å². The molecule has 0 radical (unpaired) electrons. The van der Waals surface area contributed by atoms with Gasteiger partial charge in [0.1, 0.15) is 6.04 Å². The van der Waals surface area contributed by atoms with Gasteiger partial charge < -0.3 is 10.2 Å². The maximum atomic E-state index is 13.0. The topological polar surface area (TPSA) is 49.4 Å². The fourth-order valence-electron chi connectivity index (χ4n) is 2.78. The molecule has 1 aromatic rings. The van der Waals surface area contributed by atoms with Crippen LogP contribution in [0.1, 0.15) is 44.0 Å². The normalized spacial score (nSPS) is 22.6. The monoisotopic (exact) mass is 286 g/mol. The number of anilines is 1. The molecule has 3 rings (SSSR count). The number of carbonyl (C=O) groups is 2. The summed E-state index contributed by atoms with van der Waals surface area (Å²) in [5.41, 5.74) is 1.04. The third-order valence-corrected chi connectivity index (χ3v) is 4.23. The molecule has 1 aliphatic carbocycles. The number of amides is 2. The molecule has 1 heterocycles. The van der Waals surface area contributed by atoms with Crippen LogP contribution in [-0.4, -0.2) is 24.4 Å². The first kappa shape index (κ1) is 14.1. The Kier molecular flexibility index (Phi) is 3.27. The minimum Gasteiger partial charge on any atom is -0.340 e. The minimum atomic E-state index is -0.490. The van der Waals surface area contributed by atoms with Crippen LogP contribution in [0.5, 0.6) is 0 Å². The second-order valence-corrected chi connectivity index (χ2v) is 7.18. The number of hydrogen-bond donors (Lipinski definition) is 1. The number of fused-ring (bicyclic) bond motifs is 1. The van der Waals surface area contributed by atoms with Gasteiger partial charge in [-0.15, -0.1) is 0 Å². The summed E-state index contributed by atoms with van der Waals surface area (Å²) < 4.78 is 0. The summed E-state index contributed by atoms with van der Waals surface area (Å²) in [7, 11) is 0. The summed E-state index contributed by atoms with van der Waals surface area (Å²) in [5.74, 6) is 0.431. The molecule has 0 aromatic heterocycles. The summed E-state index contributed by atoms with van der Waals surface area (Å²) in [6.07, 6.45) is 2.35. The standard InChI is InChI=1S/C17H22N2O2/c1-17(2,3)14-16(21)19(10-11-8-9-11)13-7-5-4-6-12(13)15(20)18-14/h4-7,11,14H,8-10H2,1-3H3,(H,18,20). The van der Waals surface area contributed by atoms with Crippen molar-refractivity contribution < 1.29 is 9.59 Å². The van der Waals surface area contributed by atoms with E-state index in [4.69, 9.17) is 0 Å². The molecule has 1 atom stereocenters. The van der Waals surface area contributed by atoms with Gasteiger partial charge in [0, 0.05) is 6.54 Å². The Morgan fingerprint density at radius 1 is 1.19 bits per heavy atom. The fraction of sp³-hybridized carbons (Fsp3) is 0.529. The molecule has 1 N–H and O–H groups in total. The molecule has 1 saturated carbocycles. The van der Waals surface area contributed by atoms with Crippen LogP contribution in [0.25, 0.3) is 0 Å². The molecule has 0 saturated heterocycles. The van der Waals surface area contributed by atoms with Crippen molar-refractivity contribution in [3.8, 4) is 0 Å². The van der Waals surface area contributed by atoms with Gasteiger partial charge in [-0.3, -0.25) is 9.59 Å². The number of carbonyl (C=O) groups excluding carboxylic acids is 2. The minimum absolute atomic E-state index is 0.00713. The average molecular weight is 286 g/mol. The number of nitrogens with zero attached hydrogens (tertiary/aromatic N) is 1. The van der Waals surface area contributed by atoms with Crippen molar-refractivity contribution in [3.63, 3.8) is 0 Å². The van der Waals surface area contributed by atoms with Crippen LogP contribution in [0.2, 0.25) is 0 Å². The summed E-state index contributed by atoms with van der Waals surface area (Å²) in [4.78, 5) is 27.3. The van der Waals surface area contributed by atoms with Crippen molar-refractivity contribution in [3.05, 3.63) is 29.8 Å². The van der Waals surface area contributed by atoms with Crippen LogP contribution < -0.4 is 10.2 Å². The zero-order chi connectivity index (χ0) is 15.2. The summed E-state index contributed by atoms with van der Waals surface area (Å²) >= 11 is 0. The number of benzene rings is 1. The van der Waals surface area contributed by atoms with E-state index in [1.165, 1.54) is 12.8 Å². The maximum absolute atomic E-state index is 13.0. The Bertz CT molecular complexity index is 585. The smallest absolute Gasteiger partial charge is 0.254 e. The summed E-state index contributed by atoms with van der Waals surface area (Å²) in [6.45, 7) is 6.68. The van der Waals surface area contributed by atoms with E-state index in [1.807, 2.05) is 43.9 Å². The molecule has 2 amide bonds. The third-order valence-electron chi connectivity index (χ3n) is 4.23. The highest BCUT2D eigenvalue weighted by atomic mass is 16.2. The van der Waals surface area contributed by atoms with E-state index in [0.29, 0.717) is 11.5 Å². The number of nitrogens with one attached hydrogen (secondary N) is 1. The molecule has 112 valence electrons. The molecule has 4 nitrogen and oxygen atoms in total. The molecule has 0 bridgehead atoms. The Labute approximate surface area is 125 Å². The van der Waals surface area contributed by atoms with Gasteiger partial charge in [-0.05, 0) is 36.3 Å². The van der Waals surface area contributed by atoms with Gasteiger partial charge in [0.15, 0.2) is 0 Å². The Morgan fingerprint density at radius 3 is 2.48 bits per heavy atom. The lowest BCUT2D eigenvalue weighted by atomic mass is 9.86. The number of hydrogen-bond acceptors (Lipinski definition) is 2. The average Bonchev–Trinajstić information content (AvgIpc) is 3.24. The zero-order valence-electron chi connectivity index (χ0n) is 12.8. The Balaban J connectivity index is 2.05. The maximum Gasteiger partial charge on any atom is 0.254 e. The summed E-state index contributed by atoms with van der Waals surface area (Å²) in [5, 5.41) is 2.92. The van der Waals surface area contributed by atoms with Crippen LogP contribution in [0.15, 0.2) is 24.3 Å². The highest BCUT2D eigenvalue weighted by Crippen LogP contribution is 2.35. The highest BCUT2D eigenvalue weighted by Gasteiger charge is 2.41. The molecule has 1 aliphatic heterocycles. The predicted octanol–water partition coefficient (Wildman–Crippen LogP) is 2.59. The molecule has 4 heteroatoms. The predicted molar refractivity (Wildman–Crippen MR) is 82.2 cm³/mol. The molecular formula is C17H22N2O2. The lowest BCUT2D eigenvalue weighted by Crippen LogP contribution is -2.53. The Morgan fingerprint density at radius 2 is 1.86 bits per heavy atom. The van der Waals surface area contributed by atoms with Crippen molar-refractivity contribution in [1.29, 1.82) is 0 Å². The first-order chi connectivity index (χ1) is 9.88. The second kappa shape index (κ2) is 4.86. The largest absolute Gasteiger partial charge is 0.340 e. The second-order valence-electron chi connectivity index (χ2n) is 7.18. The summed E-state index contributed by atoms with van der Waals surface area (Å²) in [6, 6.07) is 6.91. The van der Waals surface area contributed by atoms with Crippen molar-refractivity contribution >= 4 is 17.5 Å². The number of para-hydroxylation sites is 1. The molecule has 21 heavy (non-hydrogen) atoms. The Hall–Kier alpha value is -1.84.